The predicted octanol–water partition coefficient (Wildman–Crippen LogP) is 1.56. The van der Waals surface area contributed by atoms with Crippen LogP contribution in [0.1, 0.15) is 10.4 Å². The van der Waals surface area contributed by atoms with Gasteiger partial charge in [0.15, 0.2) is 0 Å². The van der Waals surface area contributed by atoms with Gasteiger partial charge in [-0.25, -0.2) is 4.98 Å². The Hall–Kier alpha value is -1.23. The van der Waals surface area contributed by atoms with Crippen LogP contribution in [-0.2, 0) is 0 Å². The lowest BCUT2D eigenvalue weighted by atomic mass is 10.2. The predicted molar refractivity (Wildman–Crippen MR) is 69.1 cm³/mol. The summed E-state index contributed by atoms with van der Waals surface area (Å²) in [6.45, 7) is 0.758. The van der Waals surface area contributed by atoms with Gasteiger partial charge in [0.05, 0.1) is 5.56 Å². The van der Waals surface area contributed by atoms with Crippen LogP contribution in [0.3, 0.4) is 0 Å². The summed E-state index contributed by atoms with van der Waals surface area (Å²) in [6, 6.07) is 3.59. The van der Waals surface area contributed by atoms with E-state index in [4.69, 9.17) is 0 Å². The molecule has 16 heavy (non-hydrogen) atoms. The summed E-state index contributed by atoms with van der Waals surface area (Å²) in [4.78, 5) is 17.7. The van der Waals surface area contributed by atoms with Crippen LogP contribution in [0.15, 0.2) is 18.3 Å². The number of anilines is 1. The van der Waals surface area contributed by atoms with Crippen molar-refractivity contribution >= 4 is 23.5 Å². The second kappa shape index (κ2) is 6.37. The topological polar surface area (TPSA) is 45.2 Å². The number of pyridine rings is 1. The molecule has 4 nitrogen and oxygen atoms in total. The molecule has 5 heteroatoms. The quantitative estimate of drug-likeness (QED) is 0.847. The molecule has 1 aromatic heterocycles. The average molecular weight is 239 g/mol. The molecule has 0 saturated carbocycles. The number of rotatable bonds is 5. The molecule has 0 fully saturated rings. The molecule has 0 aliphatic rings. The maximum atomic E-state index is 11.9. The first-order chi connectivity index (χ1) is 7.69. The molecule has 1 aromatic rings. The number of aromatic nitrogens is 1. The lowest BCUT2D eigenvalue weighted by Gasteiger charge is -2.16. The van der Waals surface area contributed by atoms with Gasteiger partial charge in [0.2, 0.25) is 0 Å². The number of carbonyl (C=O) groups is 1. The van der Waals surface area contributed by atoms with Crippen molar-refractivity contribution in [1.82, 2.24) is 9.88 Å². The molecule has 0 bridgehead atoms. The average Bonchev–Trinajstić information content (AvgIpc) is 2.35. The third-order valence-electron chi connectivity index (χ3n) is 2.24. The molecule has 0 aliphatic carbocycles. The Kier molecular flexibility index (Phi) is 5.11. The third kappa shape index (κ3) is 3.41. The van der Waals surface area contributed by atoms with Crippen LogP contribution in [0.2, 0.25) is 0 Å². The van der Waals surface area contributed by atoms with Gasteiger partial charge in [0.25, 0.3) is 5.91 Å². The highest BCUT2D eigenvalue weighted by Crippen LogP contribution is 2.07. The Morgan fingerprint density at radius 3 is 2.81 bits per heavy atom. The van der Waals surface area contributed by atoms with Crippen LogP contribution >= 0.6 is 11.8 Å². The van der Waals surface area contributed by atoms with E-state index in [-0.39, 0.29) is 5.91 Å². The molecule has 1 rings (SSSR count). The summed E-state index contributed by atoms with van der Waals surface area (Å²) in [5, 5.41) is 2.92. The summed E-state index contributed by atoms with van der Waals surface area (Å²) in [7, 11) is 3.61. The molecule has 0 aliphatic heterocycles. The first-order valence-electron chi connectivity index (χ1n) is 5.07. The second-order valence-electron chi connectivity index (χ2n) is 3.40. The summed E-state index contributed by atoms with van der Waals surface area (Å²) < 4.78 is 0. The zero-order valence-electron chi connectivity index (χ0n) is 9.86. The Bertz CT molecular complexity index is 340. The minimum atomic E-state index is 0.0178. The van der Waals surface area contributed by atoms with Crippen LogP contribution in [0.5, 0.6) is 0 Å². The summed E-state index contributed by atoms with van der Waals surface area (Å²) in [5.74, 6) is 1.73. The van der Waals surface area contributed by atoms with E-state index in [0.717, 1.165) is 18.1 Å². The van der Waals surface area contributed by atoms with Crippen molar-refractivity contribution in [3.63, 3.8) is 0 Å². The van der Waals surface area contributed by atoms with Crippen molar-refractivity contribution in [1.29, 1.82) is 0 Å². The van der Waals surface area contributed by atoms with E-state index in [2.05, 4.69) is 10.3 Å². The maximum absolute atomic E-state index is 11.9. The fourth-order valence-corrected chi connectivity index (χ4v) is 1.67. The number of amides is 1. The molecule has 0 saturated heterocycles. The Morgan fingerprint density at radius 2 is 2.31 bits per heavy atom. The van der Waals surface area contributed by atoms with E-state index >= 15 is 0 Å². The van der Waals surface area contributed by atoms with E-state index in [1.807, 2.05) is 13.3 Å². The largest absolute Gasteiger partial charge is 0.373 e. The smallest absolute Gasteiger partial charge is 0.255 e. The van der Waals surface area contributed by atoms with Gasteiger partial charge in [-0.1, -0.05) is 0 Å². The van der Waals surface area contributed by atoms with E-state index < -0.39 is 0 Å². The molecule has 88 valence electrons. The second-order valence-corrected chi connectivity index (χ2v) is 4.39. The maximum Gasteiger partial charge on any atom is 0.255 e. The lowest BCUT2D eigenvalue weighted by Crippen LogP contribution is -2.28. The van der Waals surface area contributed by atoms with Gasteiger partial charge >= 0.3 is 0 Å². The third-order valence-corrected chi connectivity index (χ3v) is 2.83. The van der Waals surface area contributed by atoms with Gasteiger partial charge in [-0.15, -0.1) is 0 Å². The van der Waals surface area contributed by atoms with Crippen molar-refractivity contribution in [2.75, 3.05) is 38.0 Å². The number of nitrogens with zero attached hydrogens (tertiary/aromatic N) is 2. The van der Waals surface area contributed by atoms with Crippen molar-refractivity contribution in [2.45, 2.75) is 0 Å². The first kappa shape index (κ1) is 12.8. The van der Waals surface area contributed by atoms with Gasteiger partial charge in [-0.05, 0) is 18.4 Å². The molecule has 0 radical (unpaired) electrons. The molecule has 0 aromatic carbocycles. The Balaban J connectivity index is 2.64. The monoisotopic (exact) mass is 239 g/mol. The Labute approximate surface area is 100 Å². The van der Waals surface area contributed by atoms with Crippen molar-refractivity contribution in [2.24, 2.45) is 0 Å². The highest BCUT2D eigenvalue weighted by Gasteiger charge is 2.11. The molecular formula is C11H17N3OS. The standard InChI is InChI=1S/C11H17N3OS/c1-12-10-5-4-9(8-13-10)11(15)14(2)6-7-16-3/h4-5,8H,6-7H2,1-3H3,(H,12,13). The van der Waals surface area contributed by atoms with Gasteiger partial charge in [0, 0.05) is 32.6 Å². The van der Waals surface area contributed by atoms with Gasteiger partial charge in [-0.3, -0.25) is 4.79 Å². The van der Waals surface area contributed by atoms with Crippen LogP contribution in [0.4, 0.5) is 5.82 Å². The van der Waals surface area contributed by atoms with E-state index in [1.54, 1.807) is 42.0 Å². The Morgan fingerprint density at radius 1 is 1.56 bits per heavy atom. The summed E-state index contributed by atoms with van der Waals surface area (Å²) >= 11 is 1.73. The lowest BCUT2D eigenvalue weighted by molar-refractivity contribution is 0.0803. The number of hydrogen-bond donors (Lipinski definition) is 1. The molecule has 0 atom stereocenters. The zero-order valence-corrected chi connectivity index (χ0v) is 10.7. The van der Waals surface area contributed by atoms with Gasteiger partial charge < -0.3 is 10.2 Å². The van der Waals surface area contributed by atoms with E-state index in [1.165, 1.54) is 0 Å². The normalized spacial score (nSPS) is 9.94. The molecule has 1 amide bonds. The zero-order chi connectivity index (χ0) is 12.0. The van der Waals surface area contributed by atoms with Crippen molar-refractivity contribution in [3.05, 3.63) is 23.9 Å². The van der Waals surface area contributed by atoms with Crippen LogP contribution in [-0.4, -0.2) is 48.4 Å². The minimum absolute atomic E-state index is 0.0178. The summed E-state index contributed by atoms with van der Waals surface area (Å²) in [6.07, 6.45) is 3.63. The molecule has 1 heterocycles. The number of nitrogens with one attached hydrogen (secondary N) is 1. The molecule has 0 spiro atoms. The minimum Gasteiger partial charge on any atom is -0.373 e. The number of thioether (sulfide) groups is 1. The van der Waals surface area contributed by atoms with E-state index in [9.17, 15) is 4.79 Å². The fourth-order valence-electron chi connectivity index (χ4n) is 1.22. The van der Waals surface area contributed by atoms with E-state index in [0.29, 0.717) is 5.56 Å². The molecular weight excluding hydrogens is 222 g/mol. The number of hydrogen-bond acceptors (Lipinski definition) is 4. The van der Waals surface area contributed by atoms with Gasteiger partial charge in [-0.2, -0.15) is 11.8 Å². The van der Waals surface area contributed by atoms with Crippen molar-refractivity contribution in [3.8, 4) is 0 Å². The SMILES string of the molecule is CNc1ccc(C(=O)N(C)CCSC)cn1. The van der Waals surface area contributed by atoms with Gasteiger partial charge in [0.1, 0.15) is 5.82 Å². The van der Waals surface area contributed by atoms with Crippen LogP contribution < -0.4 is 5.32 Å². The number of carbonyl (C=O) groups excluding carboxylic acids is 1. The fraction of sp³-hybridized carbons (Fsp3) is 0.455. The first-order valence-corrected chi connectivity index (χ1v) is 6.46. The van der Waals surface area contributed by atoms with Crippen LogP contribution in [0.25, 0.3) is 0 Å². The molecule has 0 unspecified atom stereocenters. The highest BCUT2D eigenvalue weighted by atomic mass is 32.2. The van der Waals surface area contributed by atoms with Crippen molar-refractivity contribution < 1.29 is 4.79 Å². The van der Waals surface area contributed by atoms with Crippen LogP contribution in [0, 0.1) is 0 Å². The summed E-state index contributed by atoms with van der Waals surface area (Å²) in [5.41, 5.74) is 0.627. The highest BCUT2D eigenvalue weighted by molar-refractivity contribution is 7.98. The molecule has 1 N–H and O–H groups in total.